The first-order valence-corrected chi connectivity index (χ1v) is 6.99. The highest BCUT2D eigenvalue weighted by Crippen LogP contribution is 2.19. The normalized spacial score (nSPS) is 12.1. The molecule has 0 aliphatic carbocycles. The molecule has 0 bridgehead atoms. The molecule has 106 valence electrons. The highest BCUT2D eigenvalue weighted by Gasteiger charge is 2.25. The average molecular weight is 293 g/mol. The number of amides is 1. The predicted octanol–water partition coefficient (Wildman–Crippen LogP) is 1.60. The van der Waals surface area contributed by atoms with Crippen LogP contribution in [0, 0.1) is 0 Å². The van der Waals surface area contributed by atoms with E-state index >= 15 is 0 Å². The number of nitrogens with zero attached hydrogens (tertiary/aromatic N) is 2. The van der Waals surface area contributed by atoms with Gasteiger partial charge in [0.2, 0.25) is 0 Å². The second kappa shape index (κ2) is 5.87. The molecule has 2 aromatic rings. The van der Waals surface area contributed by atoms with Crippen LogP contribution in [0.4, 0.5) is 0 Å². The number of hydrogen-bond acceptors (Lipinski definition) is 4. The van der Waals surface area contributed by atoms with Crippen molar-refractivity contribution in [1.82, 2.24) is 15.1 Å². The van der Waals surface area contributed by atoms with Crippen LogP contribution in [0.1, 0.15) is 33.8 Å². The molecule has 0 aromatic carbocycles. The topological polar surface area (TPSA) is 84.2 Å². The highest BCUT2D eigenvalue weighted by molar-refractivity contribution is 7.12. The van der Waals surface area contributed by atoms with Gasteiger partial charge in [-0.1, -0.05) is 6.92 Å². The molecule has 0 spiro atoms. The van der Waals surface area contributed by atoms with Gasteiger partial charge in [0.25, 0.3) is 5.91 Å². The van der Waals surface area contributed by atoms with E-state index in [4.69, 9.17) is 0 Å². The third kappa shape index (κ3) is 2.88. The standard InChI is InChI=1S/C13H15N3O3S/c1-3-8-4-5-20-11(8)12(17)15-10(13(18)19)9-6-14-16(2)7-9/h4-7,10H,3H2,1-2H3,(H,15,17)(H,18,19). The first-order valence-electron chi connectivity index (χ1n) is 6.11. The van der Waals surface area contributed by atoms with Crippen LogP contribution in [0.25, 0.3) is 0 Å². The molecule has 1 unspecified atom stereocenters. The maximum absolute atomic E-state index is 12.2. The first-order chi connectivity index (χ1) is 9.52. The van der Waals surface area contributed by atoms with Crippen LogP contribution in [0.3, 0.4) is 0 Å². The number of hydrogen-bond donors (Lipinski definition) is 2. The zero-order chi connectivity index (χ0) is 14.7. The van der Waals surface area contributed by atoms with Gasteiger partial charge in [-0.2, -0.15) is 5.10 Å². The van der Waals surface area contributed by atoms with Crippen LogP contribution < -0.4 is 5.32 Å². The lowest BCUT2D eigenvalue weighted by Gasteiger charge is -2.12. The summed E-state index contributed by atoms with van der Waals surface area (Å²) in [6, 6.07) is 0.780. The number of carbonyl (C=O) groups excluding carboxylic acids is 1. The molecular weight excluding hydrogens is 278 g/mol. The van der Waals surface area contributed by atoms with Gasteiger partial charge in [0, 0.05) is 18.8 Å². The Kier molecular flexibility index (Phi) is 4.19. The lowest BCUT2D eigenvalue weighted by molar-refractivity contribution is -0.139. The smallest absolute Gasteiger partial charge is 0.331 e. The van der Waals surface area contributed by atoms with Crippen LogP contribution in [0.15, 0.2) is 23.8 Å². The minimum atomic E-state index is -1.11. The van der Waals surface area contributed by atoms with Gasteiger partial charge >= 0.3 is 5.97 Å². The average Bonchev–Trinajstić information content (AvgIpc) is 3.03. The number of carboxylic acids is 1. The molecule has 0 saturated carbocycles. The summed E-state index contributed by atoms with van der Waals surface area (Å²) >= 11 is 1.31. The van der Waals surface area contributed by atoms with Crippen LogP contribution >= 0.6 is 11.3 Å². The molecule has 20 heavy (non-hydrogen) atoms. The van der Waals surface area contributed by atoms with Crippen LogP contribution in [0.5, 0.6) is 0 Å². The maximum Gasteiger partial charge on any atom is 0.331 e. The van der Waals surface area contributed by atoms with Gasteiger partial charge in [-0.05, 0) is 23.4 Å². The van der Waals surface area contributed by atoms with Gasteiger partial charge in [0.15, 0.2) is 6.04 Å². The minimum absolute atomic E-state index is 0.367. The van der Waals surface area contributed by atoms with Crippen molar-refractivity contribution >= 4 is 23.2 Å². The zero-order valence-electron chi connectivity index (χ0n) is 11.2. The number of carboxylic acid groups (broad SMARTS) is 1. The van der Waals surface area contributed by atoms with Crippen molar-refractivity contribution in [3.8, 4) is 0 Å². The molecule has 2 heterocycles. The lowest BCUT2D eigenvalue weighted by atomic mass is 10.1. The summed E-state index contributed by atoms with van der Waals surface area (Å²) < 4.78 is 1.50. The summed E-state index contributed by atoms with van der Waals surface area (Å²) in [4.78, 5) is 24.1. The van der Waals surface area contributed by atoms with Gasteiger partial charge in [-0.3, -0.25) is 9.48 Å². The minimum Gasteiger partial charge on any atom is -0.479 e. The predicted molar refractivity (Wildman–Crippen MR) is 74.7 cm³/mol. The lowest BCUT2D eigenvalue weighted by Crippen LogP contribution is -2.33. The molecule has 0 radical (unpaired) electrons. The summed E-state index contributed by atoms with van der Waals surface area (Å²) in [6.45, 7) is 1.95. The van der Waals surface area contributed by atoms with E-state index in [2.05, 4.69) is 10.4 Å². The Morgan fingerprint density at radius 1 is 1.55 bits per heavy atom. The van der Waals surface area contributed by atoms with E-state index in [1.807, 2.05) is 18.4 Å². The van der Waals surface area contributed by atoms with E-state index in [1.165, 1.54) is 22.2 Å². The Morgan fingerprint density at radius 3 is 2.85 bits per heavy atom. The fraction of sp³-hybridized carbons (Fsp3) is 0.308. The van der Waals surface area contributed by atoms with E-state index in [-0.39, 0.29) is 5.91 Å². The van der Waals surface area contributed by atoms with Crippen molar-refractivity contribution in [2.45, 2.75) is 19.4 Å². The van der Waals surface area contributed by atoms with E-state index in [1.54, 1.807) is 13.2 Å². The molecule has 2 N–H and O–H groups in total. The molecule has 6 nitrogen and oxygen atoms in total. The fourth-order valence-electron chi connectivity index (χ4n) is 1.89. The monoisotopic (exact) mass is 293 g/mol. The van der Waals surface area contributed by atoms with Crippen molar-refractivity contribution in [3.63, 3.8) is 0 Å². The third-order valence-corrected chi connectivity index (χ3v) is 3.87. The number of thiophene rings is 1. The van der Waals surface area contributed by atoms with Gasteiger partial charge in [0.1, 0.15) is 0 Å². The summed E-state index contributed by atoms with van der Waals surface area (Å²) in [7, 11) is 1.69. The summed E-state index contributed by atoms with van der Waals surface area (Å²) in [5.74, 6) is -1.48. The molecule has 2 rings (SSSR count). The van der Waals surface area contributed by atoms with Gasteiger partial charge < -0.3 is 10.4 Å². The van der Waals surface area contributed by atoms with Crippen LogP contribution in [-0.4, -0.2) is 26.8 Å². The molecular formula is C13H15N3O3S. The highest BCUT2D eigenvalue weighted by atomic mass is 32.1. The Bertz CT molecular complexity index is 632. The molecule has 1 atom stereocenters. The number of aromatic nitrogens is 2. The van der Waals surface area contributed by atoms with Crippen molar-refractivity contribution in [3.05, 3.63) is 39.8 Å². The Hall–Kier alpha value is -2.15. The summed E-state index contributed by atoms with van der Waals surface area (Å²) in [6.07, 6.45) is 3.75. The molecule has 0 saturated heterocycles. The van der Waals surface area contributed by atoms with Gasteiger partial charge in [0.05, 0.1) is 11.1 Å². The number of rotatable bonds is 5. The second-order valence-corrected chi connectivity index (χ2v) is 5.24. The molecule has 1 amide bonds. The fourth-order valence-corrected chi connectivity index (χ4v) is 2.78. The zero-order valence-corrected chi connectivity index (χ0v) is 12.0. The number of carbonyl (C=O) groups is 2. The van der Waals surface area contributed by atoms with Crippen molar-refractivity contribution in [2.75, 3.05) is 0 Å². The van der Waals surface area contributed by atoms with Crippen molar-refractivity contribution in [1.29, 1.82) is 0 Å². The number of aryl methyl sites for hydroxylation is 2. The van der Waals surface area contributed by atoms with E-state index in [0.29, 0.717) is 10.4 Å². The first kappa shape index (κ1) is 14.3. The second-order valence-electron chi connectivity index (χ2n) is 4.32. The number of nitrogens with one attached hydrogen (secondary N) is 1. The third-order valence-electron chi connectivity index (χ3n) is 2.91. The molecule has 0 aliphatic rings. The van der Waals surface area contributed by atoms with Crippen LogP contribution in [0.2, 0.25) is 0 Å². The Morgan fingerprint density at radius 2 is 2.30 bits per heavy atom. The largest absolute Gasteiger partial charge is 0.479 e. The molecule has 0 aliphatic heterocycles. The summed E-state index contributed by atoms with van der Waals surface area (Å²) in [5, 5.41) is 17.6. The molecule has 2 aromatic heterocycles. The molecule has 0 fully saturated rings. The Balaban J connectivity index is 2.21. The summed E-state index contributed by atoms with van der Waals surface area (Å²) in [5.41, 5.74) is 1.37. The maximum atomic E-state index is 12.2. The van der Waals surface area contributed by atoms with E-state index < -0.39 is 12.0 Å². The quantitative estimate of drug-likeness (QED) is 0.877. The van der Waals surface area contributed by atoms with Crippen molar-refractivity contribution in [2.24, 2.45) is 7.05 Å². The van der Waals surface area contributed by atoms with Crippen LogP contribution in [-0.2, 0) is 18.3 Å². The Labute approximate surface area is 120 Å². The molecule has 7 heteroatoms. The number of aliphatic carboxylic acids is 1. The SMILES string of the molecule is CCc1ccsc1C(=O)NC(C(=O)O)c1cnn(C)c1. The van der Waals surface area contributed by atoms with E-state index in [9.17, 15) is 14.7 Å². The van der Waals surface area contributed by atoms with Crippen molar-refractivity contribution < 1.29 is 14.7 Å². The van der Waals surface area contributed by atoms with Gasteiger partial charge in [-0.25, -0.2) is 4.79 Å². The van der Waals surface area contributed by atoms with E-state index in [0.717, 1.165) is 12.0 Å². The van der Waals surface area contributed by atoms with Gasteiger partial charge in [-0.15, -0.1) is 11.3 Å².